The fourth-order valence-electron chi connectivity index (χ4n) is 5.37. The molecule has 2 aliphatic heterocycles. The SMILES string of the molecule is O=C(CCN1CCCCC1)Cc1cccc(Nc2ncc3ccc4sc(C(=O)N5CCOCC5)cc4c3n2)c1. The smallest absolute Gasteiger partial charge is 0.264 e. The minimum atomic E-state index is 0.0438. The minimum Gasteiger partial charge on any atom is -0.378 e. The maximum absolute atomic E-state index is 13.1. The van der Waals surface area contributed by atoms with Crippen molar-refractivity contribution >= 4 is 55.7 Å². The third-order valence-electron chi connectivity index (χ3n) is 7.50. The topological polar surface area (TPSA) is 87.7 Å². The second-order valence-electron chi connectivity index (χ2n) is 10.3. The number of hydrogen-bond acceptors (Lipinski definition) is 8. The number of ether oxygens (including phenoxy) is 1. The van der Waals surface area contributed by atoms with E-state index in [4.69, 9.17) is 9.72 Å². The maximum Gasteiger partial charge on any atom is 0.264 e. The largest absolute Gasteiger partial charge is 0.378 e. The third kappa shape index (κ3) is 6.11. The Bertz CT molecular complexity index is 1490. The van der Waals surface area contributed by atoms with Gasteiger partial charge in [-0.3, -0.25) is 9.59 Å². The highest BCUT2D eigenvalue weighted by molar-refractivity contribution is 7.21. The number of carbonyl (C=O) groups excluding carboxylic acids is 2. The Morgan fingerprint density at radius 2 is 1.85 bits per heavy atom. The van der Waals surface area contributed by atoms with Gasteiger partial charge >= 0.3 is 0 Å². The van der Waals surface area contributed by atoms with E-state index in [2.05, 4.69) is 15.2 Å². The van der Waals surface area contributed by atoms with Crippen molar-refractivity contribution in [3.63, 3.8) is 0 Å². The zero-order valence-corrected chi connectivity index (χ0v) is 22.8. The van der Waals surface area contributed by atoms with Crippen molar-refractivity contribution in [2.45, 2.75) is 32.1 Å². The number of Topliss-reactive ketones (excluding diaryl/α,β-unsaturated/α-hetero) is 1. The second-order valence-corrected chi connectivity index (χ2v) is 11.4. The van der Waals surface area contributed by atoms with E-state index in [0.717, 1.165) is 51.9 Å². The molecule has 0 spiro atoms. The first-order valence-electron chi connectivity index (χ1n) is 13.8. The van der Waals surface area contributed by atoms with Gasteiger partial charge in [-0.1, -0.05) is 18.6 Å². The van der Waals surface area contributed by atoms with Crippen LogP contribution in [0, 0.1) is 0 Å². The molecular weight excluding hydrogens is 510 g/mol. The molecule has 6 rings (SSSR count). The monoisotopic (exact) mass is 543 g/mol. The Hall–Kier alpha value is -3.40. The fourth-order valence-corrected chi connectivity index (χ4v) is 6.40. The average molecular weight is 544 g/mol. The van der Waals surface area contributed by atoms with Crippen molar-refractivity contribution in [3.8, 4) is 0 Å². The predicted molar refractivity (Wildman–Crippen MR) is 155 cm³/mol. The van der Waals surface area contributed by atoms with Gasteiger partial charge in [0.05, 0.1) is 23.6 Å². The van der Waals surface area contributed by atoms with Gasteiger partial charge in [0, 0.05) is 59.8 Å². The summed E-state index contributed by atoms with van der Waals surface area (Å²) >= 11 is 1.50. The van der Waals surface area contributed by atoms with Crippen LogP contribution < -0.4 is 5.32 Å². The van der Waals surface area contributed by atoms with Gasteiger partial charge in [-0.15, -0.1) is 11.3 Å². The summed E-state index contributed by atoms with van der Waals surface area (Å²) < 4.78 is 6.41. The van der Waals surface area contributed by atoms with Crippen LogP contribution in [0.3, 0.4) is 0 Å². The summed E-state index contributed by atoms with van der Waals surface area (Å²) in [6, 6.07) is 13.9. The summed E-state index contributed by atoms with van der Waals surface area (Å²) in [7, 11) is 0. The zero-order valence-electron chi connectivity index (χ0n) is 22.0. The zero-order chi connectivity index (χ0) is 26.6. The molecule has 0 bridgehead atoms. The Kier molecular flexibility index (Phi) is 7.81. The van der Waals surface area contributed by atoms with Crippen LogP contribution in [0.5, 0.6) is 0 Å². The molecule has 0 aliphatic carbocycles. The third-order valence-corrected chi connectivity index (χ3v) is 8.58. The molecule has 0 saturated carbocycles. The molecule has 0 atom stereocenters. The number of carbonyl (C=O) groups is 2. The maximum atomic E-state index is 13.1. The molecule has 0 radical (unpaired) electrons. The molecule has 1 amide bonds. The van der Waals surface area contributed by atoms with E-state index in [9.17, 15) is 9.59 Å². The van der Waals surface area contributed by atoms with Gasteiger partial charge < -0.3 is 19.9 Å². The number of piperidine rings is 1. The standard InChI is InChI=1S/C30H33N5O3S/c36-24(9-12-34-10-2-1-3-11-34)18-21-5-4-6-23(17-21)32-30-31-20-22-7-8-26-25(28(22)33-30)19-27(39-26)29(37)35-13-15-38-16-14-35/h4-8,17,19-20H,1-3,9-16,18H2,(H,31,32,33). The molecule has 2 aliphatic rings. The number of anilines is 2. The normalized spacial score (nSPS) is 16.6. The molecule has 2 fully saturated rings. The minimum absolute atomic E-state index is 0.0438. The van der Waals surface area contributed by atoms with Gasteiger partial charge in [0.2, 0.25) is 5.95 Å². The van der Waals surface area contributed by atoms with Gasteiger partial charge in [0.25, 0.3) is 5.91 Å². The molecule has 8 nitrogen and oxygen atoms in total. The van der Waals surface area contributed by atoms with Crippen molar-refractivity contribution in [1.29, 1.82) is 0 Å². The Balaban J connectivity index is 1.16. The number of morpholine rings is 1. The number of ketones is 1. The van der Waals surface area contributed by atoms with Crippen LogP contribution in [0.1, 0.15) is 40.9 Å². The number of fused-ring (bicyclic) bond motifs is 3. The van der Waals surface area contributed by atoms with Crippen LogP contribution in [-0.4, -0.2) is 77.4 Å². The first-order chi connectivity index (χ1) is 19.1. The van der Waals surface area contributed by atoms with E-state index in [1.165, 1.54) is 30.6 Å². The summed E-state index contributed by atoms with van der Waals surface area (Å²) in [4.78, 5) is 40.0. The lowest BCUT2D eigenvalue weighted by Gasteiger charge is -2.26. The number of hydrogen-bond donors (Lipinski definition) is 1. The van der Waals surface area contributed by atoms with E-state index < -0.39 is 0 Å². The molecule has 2 saturated heterocycles. The Morgan fingerprint density at radius 3 is 2.69 bits per heavy atom. The van der Waals surface area contributed by atoms with Gasteiger partial charge in [-0.25, -0.2) is 9.97 Å². The molecular formula is C30H33N5O3S. The van der Waals surface area contributed by atoms with Gasteiger partial charge in [-0.2, -0.15) is 0 Å². The van der Waals surface area contributed by atoms with E-state index in [1.54, 1.807) is 6.20 Å². The summed E-state index contributed by atoms with van der Waals surface area (Å²) in [6.07, 6.45) is 6.61. The molecule has 4 heterocycles. The van der Waals surface area contributed by atoms with Crippen LogP contribution in [0.2, 0.25) is 0 Å². The van der Waals surface area contributed by atoms with Crippen molar-refractivity contribution in [3.05, 3.63) is 59.1 Å². The summed E-state index contributed by atoms with van der Waals surface area (Å²) in [5.41, 5.74) is 2.64. The molecule has 2 aromatic heterocycles. The van der Waals surface area contributed by atoms with E-state index in [-0.39, 0.29) is 11.7 Å². The fraction of sp³-hybridized carbons (Fsp3) is 0.400. The number of nitrogens with one attached hydrogen (secondary N) is 1. The van der Waals surface area contributed by atoms with Crippen molar-refractivity contribution in [2.24, 2.45) is 0 Å². The van der Waals surface area contributed by atoms with Crippen LogP contribution in [0.25, 0.3) is 21.0 Å². The first kappa shape index (κ1) is 25.9. The van der Waals surface area contributed by atoms with Crippen LogP contribution in [0.4, 0.5) is 11.6 Å². The van der Waals surface area contributed by atoms with Crippen LogP contribution in [-0.2, 0) is 16.0 Å². The molecule has 202 valence electrons. The lowest BCUT2D eigenvalue weighted by Crippen LogP contribution is -2.40. The summed E-state index contributed by atoms with van der Waals surface area (Å²) in [5, 5.41) is 5.18. The Morgan fingerprint density at radius 1 is 1.00 bits per heavy atom. The number of amides is 1. The molecule has 9 heteroatoms. The number of rotatable bonds is 8. The predicted octanol–water partition coefficient (Wildman–Crippen LogP) is 5.05. The summed E-state index contributed by atoms with van der Waals surface area (Å²) in [6.45, 7) is 5.48. The van der Waals surface area contributed by atoms with E-state index in [1.807, 2.05) is 47.4 Å². The molecule has 4 aromatic rings. The highest BCUT2D eigenvalue weighted by Crippen LogP contribution is 2.32. The van der Waals surface area contributed by atoms with Gasteiger partial charge in [0.15, 0.2) is 0 Å². The molecule has 1 N–H and O–H groups in total. The lowest BCUT2D eigenvalue weighted by atomic mass is 10.1. The number of nitrogens with zero attached hydrogens (tertiary/aromatic N) is 4. The van der Waals surface area contributed by atoms with E-state index in [0.29, 0.717) is 50.0 Å². The quantitative estimate of drug-likeness (QED) is 0.333. The molecule has 2 aromatic carbocycles. The number of thiophene rings is 1. The highest BCUT2D eigenvalue weighted by atomic mass is 32.1. The second kappa shape index (κ2) is 11.8. The highest BCUT2D eigenvalue weighted by Gasteiger charge is 2.21. The summed E-state index contributed by atoms with van der Waals surface area (Å²) in [5.74, 6) is 0.792. The number of aromatic nitrogens is 2. The van der Waals surface area contributed by atoms with Crippen LogP contribution >= 0.6 is 11.3 Å². The van der Waals surface area contributed by atoms with Crippen LogP contribution in [0.15, 0.2) is 48.7 Å². The lowest BCUT2D eigenvalue weighted by molar-refractivity contribution is -0.118. The van der Waals surface area contributed by atoms with Gasteiger partial charge in [-0.05, 0) is 61.8 Å². The number of likely N-dealkylation sites (tertiary alicyclic amines) is 1. The first-order valence-corrected chi connectivity index (χ1v) is 14.6. The number of benzene rings is 2. The van der Waals surface area contributed by atoms with Crippen molar-refractivity contribution in [2.75, 3.05) is 51.3 Å². The Labute approximate surface area is 232 Å². The van der Waals surface area contributed by atoms with Gasteiger partial charge in [0.1, 0.15) is 5.78 Å². The average Bonchev–Trinajstić information content (AvgIpc) is 3.42. The van der Waals surface area contributed by atoms with Crippen molar-refractivity contribution < 1.29 is 14.3 Å². The molecule has 0 unspecified atom stereocenters. The van der Waals surface area contributed by atoms with E-state index >= 15 is 0 Å². The molecule has 39 heavy (non-hydrogen) atoms. The van der Waals surface area contributed by atoms with Crippen molar-refractivity contribution in [1.82, 2.24) is 19.8 Å².